The summed E-state index contributed by atoms with van der Waals surface area (Å²) in [5, 5.41) is 18.1. The van der Waals surface area contributed by atoms with Gasteiger partial charge in [0.15, 0.2) is 0 Å². The Balaban J connectivity index is 1.99. The highest BCUT2D eigenvalue weighted by Crippen LogP contribution is 2.39. The first-order valence-corrected chi connectivity index (χ1v) is 8.37. The highest BCUT2D eigenvalue weighted by atomic mass is 19.1. The van der Waals surface area contributed by atoms with Gasteiger partial charge in [0.25, 0.3) is 0 Å². The van der Waals surface area contributed by atoms with E-state index in [1.54, 1.807) is 0 Å². The lowest BCUT2D eigenvalue weighted by Gasteiger charge is -2.29. The van der Waals surface area contributed by atoms with Crippen LogP contribution in [-0.2, 0) is 0 Å². The fraction of sp³-hybridized carbons (Fsp3) is 0.647. The Bertz CT molecular complexity index is 463. The van der Waals surface area contributed by atoms with Crippen LogP contribution in [0.1, 0.15) is 69.8 Å². The molecule has 22 heavy (non-hydrogen) atoms. The summed E-state index contributed by atoms with van der Waals surface area (Å²) in [6, 6.07) is 2.08. The highest BCUT2D eigenvalue weighted by molar-refractivity contribution is 6.58. The monoisotopic (exact) mass is 310 g/mol. The summed E-state index contributed by atoms with van der Waals surface area (Å²) in [5.74, 6) is -0.713. The van der Waals surface area contributed by atoms with Crippen molar-refractivity contribution in [3.63, 3.8) is 0 Å². The SMILES string of the molecule is CCCCC[C@H]1CC[C@H](c2c(F)cc(B(O)O)cc2F)CC1. The van der Waals surface area contributed by atoms with Crippen LogP contribution < -0.4 is 5.46 Å². The molecule has 5 heteroatoms. The Labute approximate surface area is 131 Å². The Morgan fingerprint density at radius 1 is 1.05 bits per heavy atom. The Morgan fingerprint density at radius 2 is 1.64 bits per heavy atom. The second-order valence-corrected chi connectivity index (χ2v) is 6.49. The molecule has 2 N–H and O–H groups in total. The summed E-state index contributed by atoms with van der Waals surface area (Å²) in [7, 11) is -1.84. The van der Waals surface area contributed by atoms with Crippen LogP contribution in [0.25, 0.3) is 0 Å². The number of benzene rings is 1. The molecule has 122 valence electrons. The van der Waals surface area contributed by atoms with Crippen molar-refractivity contribution in [1.82, 2.24) is 0 Å². The van der Waals surface area contributed by atoms with Crippen molar-refractivity contribution in [3.8, 4) is 0 Å². The average Bonchev–Trinajstić information content (AvgIpc) is 2.48. The summed E-state index contributed by atoms with van der Waals surface area (Å²) in [4.78, 5) is 0. The molecule has 1 saturated carbocycles. The predicted molar refractivity (Wildman–Crippen MR) is 85.0 cm³/mol. The van der Waals surface area contributed by atoms with E-state index in [4.69, 9.17) is 10.0 Å². The van der Waals surface area contributed by atoms with Gasteiger partial charge >= 0.3 is 7.12 Å². The summed E-state index contributed by atoms with van der Waals surface area (Å²) in [5.41, 5.74) is -0.0107. The van der Waals surface area contributed by atoms with Gasteiger partial charge in [-0.25, -0.2) is 8.78 Å². The molecule has 1 aliphatic carbocycles. The van der Waals surface area contributed by atoms with Gasteiger partial charge < -0.3 is 10.0 Å². The molecule has 0 amide bonds. The van der Waals surface area contributed by atoms with Crippen molar-refractivity contribution in [2.45, 2.75) is 64.2 Å². The summed E-state index contributed by atoms with van der Waals surface area (Å²) < 4.78 is 28.3. The van der Waals surface area contributed by atoms with Crippen molar-refractivity contribution >= 4 is 12.6 Å². The van der Waals surface area contributed by atoms with Crippen LogP contribution in [0.4, 0.5) is 8.78 Å². The third kappa shape index (κ3) is 4.29. The van der Waals surface area contributed by atoms with Crippen LogP contribution in [0, 0.1) is 17.6 Å². The molecule has 0 bridgehead atoms. The molecule has 0 unspecified atom stereocenters. The zero-order valence-electron chi connectivity index (χ0n) is 13.2. The standard InChI is InChI=1S/C17H25BF2O2/c1-2-3-4-5-12-6-8-13(9-7-12)17-15(19)10-14(18(21)22)11-16(17)20/h10-13,21-22H,2-9H2,1H3/t12-,13-. The lowest BCUT2D eigenvalue weighted by atomic mass is 9.74. The first-order chi connectivity index (χ1) is 10.5. The fourth-order valence-electron chi connectivity index (χ4n) is 3.57. The van der Waals surface area contributed by atoms with Gasteiger partial charge in [-0.15, -0.1) is 0 Å². The topological polar surface area (TPSA) is 40.5 Å². The minimum absolute atomic E-state index is 0.0905. The number of hydrogen-bond acceptors (Lipinski definition) is 2. The van der Waals surface area contributed by atoms with Gasteiger partial charge in [0.2, 0.25) is 0 Å². The van der Waals surface area contributed by atoms with E-state index in [1.165, 1.54) is 25.7 Å². The van der Waals surface area contributed by atoms with Gasteiger partial charge in [-0.05, 0) is 55.1 Å². The van der Waals surface area contributed by atoms with Gasteiger partial charge in [0, 0.05) is 5.56 Å². The second kappa shape index (κ2) is 8.07. The van der Waals surface area contributed by atoms with E-state index in [1.807, 2.05) is 0 Å². The molecule has 2 nitrogen and oxygen atoms in total. The largest absolute Gasteiger partial charge is 0.488 e. The molecule has 0 aliphatic heterocycles. The maximum absolute atomic E-state index is 14.1. The van der Waals surface area contributed by atoms with Gasteiger partial charge in [-0.2, -0.15) is 0 Å². The van der Waals surface area contributed by atoms with Gasteiger partial charge in [-0.1, -0.05) is 32.6 Å². The molecule has 1 fully saturated rings. The minimum atomic E-state index is -1.84. The van der Waals surface area contributed by atoms with Crippen LogP contribution in [-0.4, -0.2) is 17.2 Å². The molecule has 1 aromatic carbocycles. The summed E-state index contributed by atoms with van der Waals surface area (Å²) >= 11 is 0. The lowest BCUT2D eigenvalue weighted by Crippen LogP contribution is -2.31. The summed E-state index contributed by atoms with van der Waals surface area (Å²) in [6.07, 6.45) is 8.62. The van der Waals surface area contributed by atoms with E-state index >= 15 is 0 Å². The molecular formula is C17H25BF2O2. The first-order valence-electron chi connectivity index (χ1n) is 8.37. The normalized spacial score (nSPS) is 21.9. The lowest BCUT2D eigenvalue weighted by molar-refractivity contribution is 0.295. The quantitative estimate of drug-likeness (QED) is 0.624. The molecule has 0 atom stereocenters. The molecule has 0 heterocycles. The van der Waals surface area contributed by atoms with E-state index in [2.05, 4.69) is 6.92 Å². The Hall–Kier alpha value is -0.935. The van der Waals surface area contributed by atoms with Crippen LogP contribution >= 0.6 is 0 Å². The zero-order chi connectivity index (χ0) is 16.1. The number of unbranched alkanes of at least 4 members (excludes halogenated alkanes) is 2. The first kappa shape index (κ1) is 17.4. The molecular weight excluding hydrogens is 285 g/mol. The second-order valence-electron chi connectivity index (χ2n) is 6.49. The van der Waals surface area contributed by atoms with E-state index in [0.29, 0.717) is 5.92 Å². The molecule has 1 aliphatic rings. The Kier molecular flexibility index (Phi) is 6.39. The van der Waals surface area contributed by atoms with Gasteiger partial charge in [-0.3, -0.25) is 0 Å². The maximum atomic E-state index is 14.1. The van der Waals surface area contributed by atoms with Crippen molar-refractivity contribution < 1.29 is 18.8 Å². The summed E-state index contributed by atoms with van der Waals surface area (Å²) in [6.45, 7) is 2.19. The molecule has 0 spiro atoms. The number of hydrogen-bond donors (Lipinski definition) is 2. The van der Waals surface area contributed by atoms with Crippen LogP contribution in [0.2, 0.25) is 0 Å². The van der Waals surface area contributed by atoms with Crippen LogP contribution in [0.15, 0.2) is 12.1 Å². The van der Waals surface area contributed by atoms with Crippen molar-refractivity contribution in [1.29, 1.82) is 0 Å². The maximum Gasteiger partial charge on any atom is 0.488 e. The third-order valence-electron chi connectivity index (χ3n) is 4.87. The van der Waals surface area contributed by atoms with E-state index in [0.717, 1.165) is 37.8 Å². The molecule has 1 aromatic rings. The van der Waals surface area contributed by atoms with Gasteiger partial charge in [0.1, 0.15) is 11.6 Å². The minimum Gasteiger partial charge on any atom is -0.423 e. The third-order valence-corrected chi connectivity index (χ3v) is 4.87. The molecule has 0 aromatic heterocycles. The van der Waals surface area contributed by atoms with E-state index in [9.17, 15) is 8.78 Å². The molecule has 0 saturated heterocycles. The Morgan fingerprint density at radius 3 is 2.14 bits per heavy atom. The van der Waals surface area contributed by atoms with Crippen LogP contribution in [0.3, 0.4) is 0 Å². The number of rotatable bonds is 6. The predicted octanol–water partition coefficient (Wildman–Crippen LogP) is 3.50. The van der Waals surface area contributed by atoms with Crippen molar-refractivity contribution in [2.75, 3.05) is 0 Å². The molecule has 2 rings (SSSR count). The molecule has 0 radical (unpaired) electrons. The van der Waals surface area contributed by atoms with Gasteiger partial charge in [0.05, 0.1) is 0 Å². The van der Waals surface area contributed by atoms with E-state index < -0.39 is 18.8 Å². The smallest absolute Gasteiger partial charge is 0.423 e. The van der Waals surface area contributed by atoms with Crippen LogP contribution in [0.5, 0.6) is 0 Å². The number of halogens is 2. The van der Waals surface area contributed by atoms with Crippen molar-refractivity contribution in [3.05, 3.63) is 29.3 Å². The fourth-order valence-corrected chi connectivity index (χ4v) is 3.57. The van der Waals surface area contributed by atoms with E-state index in [-0.39, 0.29) is 16.9 Å². The highest BCUT2D eigenvalue weighted by Gasteiger charge is 2.28. The zero-order valence-corrected chi connectivity index (χ0v) is 13.2. The average molecular weight is 310 g/mol. The van der Waals surface area contributed by atoms with Crippen molar-refractivity contribution in [2.24, 2.45) is 5.92 Å².